The smallest absolute Gasteiger partial charge is 0.254 e. The van der Waals surface area contributed by atoms with Crippen molar-refractivity contribution >= 4 is 11.8 Å². The predicted octanol–water partition coefficient (Wildman–Crippen LogP) is 3.94. The third-order valence-corrected chi connectivity index (χ3v) is 6.32. The standard InChI is InChI=1S/C26H23FN2O3/c1-15-10-19(27)3-5-20(15)18-13-22-21-4-2-16(26(31)29-6-8-32-9-7-29)11-17(21)12-23(22)24(14-18)25(28)30/h2-5,10-11,13-14H,6-9,12H2,1H3,(H2,28,30). The first-order valence-corrected chi connectivity index (χ1v) is 10.7. The summed E-state index contributed by atoms with van der Waals surface area (Å²) in [6.45, 7) is 4.11. The second-order valence-electron chi connectivity index (χ2n) is 8.33. The summed E-state index contributed by atoms with van der Waals surface area (Å²) in [5, 5.41) is 0. The molecule has 5 nitrogen and oxygen atoms in total. The molecule has 1 fully saturated rings. The Morgan fingerprint density at radius 2 is 1.72 bits per heavy atom. The molecule has 2 aliphatic rings. The zero-order chi connectivity index (χ0) is 22.4. The molecular formula is C26H23FN2O3. The Morgan fingerprint density at radius 1 is 0.969 bits per heavy atom. The van der Waals surface area contributed by atoms with Crippen molar-refractivity contribution in [1.29, 1.82) is 0 Å². The van der Waals surface area contributed by atoms with Crippen LogP contribution in [0.15, 0.2) is 48.5 Å². The van der Waals surface area contributed by atoms with E-state index in [9.17, 15) is 14.0 Å². The number of hydrogen-bond donors (Lipinski definition) is 1. The summed E-state index contributed by atoms with van der Waals surface area (Å²) >= 11 is 0. The Labute approximate surface area is 185 Å². The first-order valence-electron chi connectivity index (χ1n) is 10.7. The number of nitrogens with zero attached hydrogens (tertiary/aromatic N) is 1. The lowest BCUT2D eigenvalue weighted by Gasteiger charge is -2.27. The van der Waals surface area contributed by atoms with Crippen LogP contribution in [-0.4, -0.2) is 43.0 Å². The summed E-state index contributed by atoms with van der Waals surface area (Å²) in [5.41, 5.74) is 13.1. The number of benzene rings is 3. The van der Waals surface area contributed by atoms with Crippen molar-refractivity contribution in [2.75, 3.05) is 26.3 Å². The molecule has 1 aliphatic carbocycles. The van der Waals surface area contributed by atoms with E-state index in [1.807, 2.05) is 31.2 Å². The fraction of sp³-hybridized carbons (Fsp3) is 0.231. The lowest BCUT2D eigenvalue weighted by molar-refractivity contribution is 0.0303. The van der Waals surface area contributed by atoms with Crippen molar-refractivity contribution in [2.45, 2.75) is 13.3 Å². The maximum absolute atomic E-state index is 13.6. The first kappa shape index (κ1) is 20.4. The van der Waals surface area contributed by atoms with Crippen molar-refractivity contribution < 1.29 is 18.7 Å². The molecule has 0 aromatic heterocycles. The SMILES string of the molecule is Cc1cc(F)ccc1-c1cc(C(N)=O)c2c(c1)-c1ccc(C(=O)N3CCOCC3)cc1C2. The number of carbonyl (C=O) groups excluding carboxylic acids is 2. The van der Waals surface area contributed by atoms with Crippen LogP contribution in [-0.2, 0) is 11.2 Å². The van der Waals surface area contributed by atoms with Gasteiger partial charge in [-0.1, -0.05) is 12.1 Å². The minimum Gasteiger partial charge on any atom is -0.378 e. The number of nitrogens with two attached hydrogens (primary N) is 1. The molecule has 5 rings (SSSR count). The van der Waals surface area contributed by atoms with Crippen molar-refractivity contribution in [3.63, 3.8) is 0 Å². The molecule has 2 N–H and O–H groups in total. The molecule has 0 spiro atoms. The molecule has 0 bridgehead atoms. The van der Waals surface area contributed by atoms with Gasteiger partial charge in [-0.2, -0.15) is 0 Å². The topological polar surface area (TPSA) is 72.6 Å². The number of primary amides is 1. The molecule has 3 aromatic rings. The summed E-state index contributed by atoms with van der Waals surface area (Å²) in [6.07, 6.45) is 0.538. The number of ether oxygens (including phenoxy) is 1. The lowest BCUT2D eigenvalue weighted by Crippen LogP contribution is -2.40. The Morgan fingerprint density at radius 3 is 2.44 bits per heavy atom. The first-order chi connectivity index (χ1) is 15.4. The van der Waals surface area contributed by atoms with Gasteiger partial charge in [0.25, 0.3) is 5.91 Å². The molecule has 2 amide bonds. The average molecular weight is 430 g/mol. The van der Waals surface area contributed by atoms with Crippen LogP contribution in [0.4, 0.5) is 4.39 Å². The van der Waals surface area contributed by atoms with Crippen LogP contribution in [0.2, 0.25) is 0 Å². The lowest BCUT2D eigenvalue weighted by atomic mass is 9.92. The van der Waals surface area contributed by atoms with E-state index < -0.39 is 5.91 Å². The van der Waals surface area contributed by atoms with E-state index in [1.165, 1.54) is 12.1 Å². The van der Waals surface area contributed by atoms with E-state index in [4.69, 9.17) is 10.5 Å². The van der Waals surface area contributed by atoms with Crippen LogP contribution >= 0.6 is 0 Å². The number of amides is 2. The summed E-state index contributed by atoms with van der Waals surface area (Å²) in [6, 6.07) is 14.1. The largest absolute Gasteiger partial charge is 0.378 e. The van der Waals surface area contributed by atoms with E-state index in [0.717, 1.165) is 38.9 Å². The summed E-state index contributed by atoms with van der Waals surface area (Å²) in [5.74, 6) is -0.810. The second-order valence-corrected chi connectivity index (χ2v) is 8.33. The van der Waals surface area contributed by atoms with E-state index in [1.54, 1.807) is 17.0 Å². The molecular weight excluding hydrogens is 407 g/mol. The number of carbonyl (C=O) groups is 2. The van der Waals surface area contributed by atoms with E-state index in [0.29, 0.717) is 43.9 Å². The van der Waals surface area contributed by atoms with Gasteiger partial charge in [-0.3, -0.25) is 9.59 Å². The normalized spacial score (nSPS) is 14.8. The molecule has 0 unspecified atom stereocenters. The number of hydrogen-bond acceptors (Lipinski definition) is 3. The van der Waals surface area contributed by atoms with E-state index >= 15 is 0 Å². The van der Waals surface area contributed by atoms with Gasteiger partial charge < -0.3 is 15.4 Å². The minimum absolute atomic E-state index is 0.00944. The second kappa shape index (κ2) is 7.88. The molecule has 6 heteroatoms. The maximum Gasteiger partial charge on any atom is 0.254 e. The summed E-state index contributed by atoms with van der Waals surface area (Å²) < 4.78 is 19.0. The zero-order valence-electron chi connectivity index (χ0n) is 17.8. The quantitative estimate of drug-likeness (QED) is 0.535. The zero-order valence-corrected chi connectivity index (χ0v) is 17.8. The molecule has 0 saturated carbocycles. The van der Waals surface area contributed by atoms with Crippen molar-refractivity contribution in [3.8, 4) is 22.3 Å². The number of halogens is 1. The molecule has 3 aromatic carbocycles. The van der Waals surface area contributed by atoms with Gasteiger partial charge in [0, 0.05) is 24.2 Å². The van der Waals surface area contributed by atoms with Crippen LogP contribution in [0, 0.1) is 12.7 Å². The van der Waals surface area contributed by atoms with E-state index in [-0.39, 0.29) is 11.7 Å². The van der Waals surface area contributed by atoms with Gasteiger partial charge in [0.1, 0.15) is 5.82 Å². The van der Waals surface area contributed by atoms with Crippen LogP contribution in [0.5, 0.6) is 0 Å². The number of morpholine rings is 1. The van der Waals surface area contributed by atoms with Gasteiger partial charge >= 0.3 is 0 Å². The van der Waals surface area contributed by atoms with Crippen LogP contribution < -0.4 is 5.73 Å². The Balaban J connectivity index is 1.58. The Kier molecular flexibility index (Phi) is 5.02. The highest BCUT2D eigenvalue weighted by Crippen LogP contribution is 2.42. The average Bonchev–Trinajstić information content (AvgIpc) is 3.16. The van der Waals surface area contributed by atoms with Crippen molar-refractivity contribution in [3.05, 3.63) is 82.2 Å². The molecule has 1 heterocycles. The van der Waals surface area contributed by atoms with Gasteiger partial charge in [-0.15, -0.1) is 0 Å². The van der Waals surface area contributed by atoms with Gasteiger partial charge in [-0.05, 0) is 88.7 Å². The molecule has 32 heavy (non-hydrogen) atoms. The van der Waals surface area contributed by atoms with E-state index in [2.05, 4.69) is 0 Å². The molecule has 0 atom stereocenters. The highest BCUT2D eigenvalue weighted by Gasteiger charge is 2.27. The minimum atomic E-state index is -0.500. The fourth-order valence-corrected chi connectivity index (χ4v) is 4.70. The van der Waals surface area contributed by atoms with Crippen molar-refractivity contribution in [2.24, 2.45) is 5.73 Å². The highest BCUT2D eigenvalue weighted by molar-refractivity contribution is 6.01. The monoisotopic (exact) mass is 430 g/mol. The molecule has 162 valence electrons. The van der Waals surface area contributed by atoms with Gasteiger partial charge in [0.15, 0.2) is 0 Å². The van der Waals surface area contributed by atoms with Crippen LogP contribution in [0.1, 0.15) is 37.4 Å². The fourth-order valence-electron chi connectivity index (χ4n) is 4.70. The number of rotatable bonds is 3. The third kappa shape index (κ3) is 3.46. The summed E-state index contributed by atoms with van der Waals surface area (Å²) in [4.78, 5) is 27.0. The predicted molar refractivity (Wildman–Crippen MR) is 120 cm³/mol. The van der Waals surface area contributed by atoms with Gasteiger partial charge in [0.2, 0.25) is 5.91 Å². The Bertz CT molecular complexity index is 1260. The number of aryl methyl sites for hydroxylation is 1. The van der Waals surface area contributed by atoms with Crippen molar-refractivity contribution in [1.82, 2.24) is 4.90 Å². The molecule has 1 aliphatic heterocycles. The molecule has 0 radical (unpaired) electrons. The van der Waals surface area contributed by atoms with Crippen LogP contribution in [0.25, 0.3) is 22.3 Å². The highest BCUT2D eigenvalue weighted by atomic mass is 19.1. The maximum atomic E-state index is 13.6. The number of fused-ring (bicyclic) bond motifs is 3. The van der Waals surface area contributed by atoms with Gasteiger partial charge in [0.05, 0.1) is 13.2 Å². The van der Waals surface area contributed by atoms with Crippen LogP contribution in [0.3, 0.4) is 0 Å². The van der Waals surface area contributed by atoms with Gasteiger partial charge in [-0.25, -0.2) is 4.39 Å². The Hall–Kier alpha value is -3.51. The molecule has 1 saturated heterocycles. The summed E-state index contributed by atoms with van der Waals surface area (Å²) in [7, 11) is 0. The third-order valence-electron chi connectivity index (χ3n) is 6.32.